The quantitative estimate of drug-likeness (QED) is 0.571. The molecule has 0 spiro atoms. The van der Waals surface area contributed by atoms with Crippen molar-refractivity contribution in [1.82, 2.24) is 10.2 Å². The fourth-order valence-electron chi connectivity index (χ4n) is 3.12. The summed E-state index contributed by atoms with van der Waals surface area (Å²) in [6.45, 7) is 6.18. The van der Waals surface area contributed by atoms with Gasteiger partial charge in [0.2, 0.25) is 5.91 Å². The summed E-state index contributed by atoms with van der Waals surface area (Å²) in [6, 6.07) is 16.4. The molecule has 0 heterocycles. The lowest BCUT2D eigenvalue weighted by Crippen LogP contribution is -2.52. The molecule has 5 nitrogen and oxygen atoms in total. The third kappa shape index (κ3) is 7.38. The molecule has 2 amide bonds. The third-order valence-corrected chi connectivity index (χ3v) is 5.26. The lowest BCUT2D eigenvalue weighted by molar-refractivity contribution is -0.142. The zero-order valence-electron chi connectivity index (χ0n) is 17.9. The van der Waals surface area contributed by atoms with E-state index in [9.17, 15) is 9.59 Å². The fourth-order valence-corrected chi connectivity index (χ4v) is 3.30. The molecule has 0 aliphatic rings. The summed E-state index contributed by atoms with van der Waals surface area (Å²) < 4.78 is 5.65. The highest BCUT2D eigenvalue weighted by atomic mass is 35.5. The Morgan fingerprint density at radius 1 is 1.07 bits per heavy atom. The number of rotatable bonds is 11. The average molecular weight is 431 g/mol. The first-order valence-corrected chi connectivity index (χ1v) is 10.8. The minimum Gasteiger partial charge on any atom is -0.484 e. The van der Waals surface area contributed by atoms with Crippen molar-refractivity contribution in [2.75, 3.05) is 13.2 Å². The molecule has 0 bridgehead atoms. The van der Waals surface area contributed by atoms with Crippen LogP contribution < -0.4 is 10.1 Å². The van der Waals surface area contributed by atoms with E-state index in [1.807, 2.05) is 51.1 Å². The second-order valence-corrected chi connectivity index (χ2v) is 7.75. The summed E-state index contributed by atoms with van der Waals surface area (Å²) in [5, 5.41) is 3.55. The van der Waals surface area contributed by atoms with Crippen molar-refractivity contribution in [1.29, 1.82) is 0 Å². The number of hydrogen-bond acceptors (Lipinski definition) is 3. The molecule has 0 radical (unpaired) electrons. The van der Waals surface area contributed by atoms with Gasteiger partial charge in [0.05, 0.1) is 0 Å². The molecule has 0 fully saturated rings. The number of hydrogen-bond donors (Lipinski definition) is 1. The number of carbonyl (C=O) groups is 2. The molecule has 2 aromatic rings. The van der Waals surface area contributed by atoms with Gasteiger partial charge in [0, 0.05) is 17.6 Å². The molecule has 2 rings (SSSR count). The minimum absolute atomic E-state index is 0.0559. The molecule has 1 N–H and O–H groups in total. The van der Waals surface area contributed by atoms with E-state index in [1.54, 1.807) is 29.2 Å². The molecular weight excluding hydrogens is 400 g/mol. The number of nitrogens with one attached hydrogen (secondary N) is 1. The van der Waals surface area contributed by atoms with Crippen molar-refractivity contribution in [2.24, 2.45) is 0 Å². The number of benzene rings is 2. The molecule has 0 aliphatic heterocycles. The van der Waals surface area contributed by atoms with E-state index in [0.717, 1.165) is 12.0 Å². The van der Waals surface area contributed by atoms with Crippen LogP contribution in [-0.2, 0) is 16.0 Å². The molecule has 30 heavy (non-hydrogen) atoms. The van der Waals surface area contributed by atoms with Gasteiger partial charge < -0.3 is 15.0 Å². The van der Waals surface area contributed by atoms with E-state index in [0.29, 0.717) is 30.2 Å². The number of carbonyl (C=O) groups excluding carboxylic acids is 2. The molecule has 6 heteroatoms. The Kier molecular flexibility index (Phi) is 9.68. The normalized spacial score (nSPS) is 12.7. The molecule has 0 unspecified atom stereocenters. The summed E-state index contributed by atoms with van der Waals surface area (Å²) in [5.74, 6) is 0.170. The van der Waals surface area contributed by atoms with Crippen LogP contribution in [0, 0.1) is 0 Å². The molecule has 2 aromatic carbocycles. The van der Waals surface area contributed by atoms with Gasteiger partial charge in [-0.2, -0.15) is 0 Å². The molecule has 0 saturated heterocycles. The van der Waals surface area contributed by atoms with E-state index in [-0.39, 0.29) is 24.5 Å². The summed E-state index contributed by atoms with van der Waals surface area (Å²) >= 11 is 5.99. The lowest BCUT2D eigenvalue weighted by Gasteiger charge is -2.31. The van der Waals surface area contributed by atoms with Crippen molar-refractivity contribution in [2.45, 2.75) is 52.1 Å². The zero-order valence-corrected chi connectivity index (χ0v) is 18.7. The zero-order chi connectivity index (χ0) is 21.9. The summed E-state index contributed by atoms with van der Waals surface area (Å²) in [4.78, 5) is 27.6. The van der Waals surface area contributed by atoms with Gasteiger partial charge in [-0.1, -0.05) is 61.8 Å². The predicted molar refractivity (Wildman–Crippen MR) is 121 cm³/mol. The molecular formula is C24H31ClN2O3. The van der Waals surface area contributed by atoms with Gasteiger partial charge in [-0.15, -0.1) is 0 Å². The Morgan fingerprint density at radius 2 is 1.80 bits per heavy atom. The fraction of sp³-hybridized carbons (Fsp3) is 0.417. The number of nitrogens with zero attached hydrogens (tertiary/aromatic N) is 1. The van der Waals surface area contributed by atoms with Gasteiger partial charge in [0.15, 0.2) is 6.61 Å². The first-order chi connectivity index (χ1) is 14.4. The van der Waals surface area contributed by atoms with Crippen molar-refractivity contribution >= 4 is 23.4 Å². The SMILES string of the molecule is CC[C@@H](C)NC(=O)[C@H](CC)N(CCc1ccccc1)C(=O)COc1cccc(Cl)c1. The van der Waals surface area contributed by atoms with Gasteiger partial charge in [0.25, 0.3) is 5.91 Å². The van der Waals surface area contributed by atoms with E-state index < -0.39 is 6.04 Å². The Bertz CT molecular complexity index is 813. The van der Waals surface area contributed by atoms with E-state index in [4.69, 9.17) is 16.3 Å². The Balaban J connectivity index is 2.13. The number of halogens is 1. The van der Waals surface area contributed by atoms with Crippen LogP contribution >= 0.6 is 11.6 Å². The molecule has 0 saturated carbocycles. The Morgan fingerprint density at radius 3 is 2.43 bits per heavy atom. The van der Waals surface area contributed by atoms with Crippen LogP contribution in [0.25, 0.3) is 0 Å². The highest BCUT2D eigenvalue weighted by Gasteiger charge is 2.29. The van der Waals surface area contributed by atoms with Gasteiger partial charge in [0.1, 0.15) is 11.8 Å². The molecule has 2 atom stereocenters. The van der Waals surface area contributed by atoms with Crippen LogP contribution in [-0.4, -0.2) is 41.9 Å². The van der Waals surface area contributed by atoms with Crippen LogP contribution in [0.2, 0.25) is 5.02 Å². The van der Waals surface area contributed by atoms with E-state index in [2.05, 4.69) is 5.32 Å². The summed E-state index contributed by atoms with van der Waals surface area (Å²) in [7, 11) is 0. The van der Waals surface area contributed by atoms with Gasteiger partial charge in [-0.25, -0.2) is 0 Å². The van der Waals surface area contributed by atoms with Crippen LogP contribution in [0.3, 0.4) is 0 Å². The smallest absolute Gasteiger partial charge is 0.261 e. The Hall–Kier alpha value is -2.53. The van der Waals surface area contributed by atoms with Crippen LogP contribution in [0.1, 0.15) is 39.2 Å². The average Bonchev–Trinajstić information content (AvgIpc) is 2.75. The minimum atomic E-state index is -0.543. The van der Waals surface area contributed by atoms with Crippen molar-refractivity contribution in [3.63, 3.8) is 0 Å². The van der Waals surface area contributed by atoms with Gasteiger partial charge in [-0.3, -0.25) is 9.59 Å². The molecule has 162 valence electrons. The second-order valence-electron chi connectivity index (χ2n) is 7.31. The van der Waals surface area contributed by atoms with Crippen LogP contribution in [0.15, 0.2) is 54.6 Å². The van der Waals surface area contributed by atoms with E-state index in [1.165, 1.54) is 0 Å². The number of ether oxygens (including phenoxy) is 1. The highest BCUT2D eigenvalue weighted by molar-refractivity contribution is 6.30. The maximum atomic E-state index is 13.1. The standard InChI is InChI=1S/C24H31ClN2O3/c1-4-18(3)26-24(29)22(5-2)27(15-14-19-10-7-6-8-11-19)23(28)17-30-21-13-9-12-20(25)16-21/h6-13,16,18,22H,4-5,14-15,17H2,1-3H3,(H,26,29)/t18-,22+/m1/s1. The van der Waals surface area contributed by atoms with Gasteiger partial charge >= 0.3 is 0 Å². The predicted octanol–water partition coefficient (Wildman–Crippen LogP) is 4.48. The largest absolute Gasteiger partial charge is 0.484 e. The highest BCUT2D eigenvalue weighted by Crippen LogP contribution is 2.17. The third-order valence-electron chi connectivity index (χ3n) is 5.03. The number of amides is 2. The first kappa shape index (κ1) is 23.7. The summed E-state index contributed by atoms with van der Waals surface area (Å²) in [6.07, 6.45) is 2.02. The maximum absolute atomic E-state index is 13.1. The Labute approximate surface area is 184 Å². The van der Waals surface area contributed by atoms with Crippen molar-refractivity contribution in [3.05, 3.63) is 65.2 Å². The van der Waals surface area contributed by atoms with Gasteiger partial charge in [-0.05, 0) is 49.9 Å². The van der Waals surface area contributed by atoms with Crippen LogP contribution in [0.4, 0.5) is 0 Å². The van der Waals surface area contributed by atoms with E-state index >= 15 is 0 Å². The monoisotopic (exact) mass is 430 g/mol. The maximum Gasteiger partial charge on any atom is 0.261 e. The molecule has 0 aliphatic carbocycles. The van der Waals surface area contributed by atoms with Crippen molar-refractivity contribution in [3.8, 4) is 5.75 Å². The molecule has 0 aromatic heterocycles. The first-order valence-electron chi connectivity index (χ1n) is 10.5. The lowest BCUT2D eigenvalue weighted by atomic mass is 10.1. The second kappa shape index (κ2) is 12.2. The summed E-state index contributed by atoms with van der Waals surface area (Å²) in [5.41, 5.74) is 1.11. The van der Waals surface area contributed by atoms with Crippen LogP contribution in [0.5, 0.6) is 5.75 Å². The topological polar surface area (TPSA) is 58.6 Å². The van der Waals surface area contributed by atoms with Crippen molar-refractivity contribution < 1.29 is 14.3 Å².